The molecule has 43 heavy (non-hydrogen) atoms. The van der Waals surface area contributed by atoms with Gasteiger partial charge in [0.15, 0.2) is 0 Å². The van der Waals surface area contributed by atoms with Gasteiger partial charge in [-0.3, -0.25) is 0 Å². The third kappa shape index (κ3) is 9.17. The van der Waals surface area contributed by atoms with Crippen molar-refractivity contribution in [3.8, 4) is 0 Å². The molecule has 6 aromatic rings. The van der Waals surface area contributed by atoms with Gasteiger partial charge in [-0.15, -0.1) is 0 Å². The van der Waals surface area contributed by atoms with E-state index >= 15 is 0 Å². The van der Waals surface area contributed by atoms with E-state index in [2.05, 4.69) is 0 Å². The maximum atomic E-state index is 10.7. The molecule has 0 heterocycles. The first-order valence-corrected chi connectivity index (χ1v) is 16.3. The molecular formula is C30H21FeO9S3. The molecule has 0 bridgehead atoms. The predicted molar refractivity (Wildman–Crippen MR) is 156 cm³/mol. The molecule has 6 aromatic carbocycles. The summed E-state index contributed by atoms with van der Waals surface area (Å²) in [5.41, 5.74) is 0. The smallest absolute Gasteiger partial charge is 0.744 e. The van der Waals surface area contributed by atoms with Crippen LogP contribution in [0.2, 0.25) is 0 Å². The summed E-state index contributed by atoms with van der Waals surface area (Å²) >= 11 is 0. The summed E-state index contributed by atoms with van der Waals surface area (Å²) in [5.74, 6) is 0. The average molecular weight is 678 g/mol. The molecule has 0 atom stereocenters. The first-order chi connectivity index (χ1) is 19.7. The average Bonchev–Trinajstić information content (AvgIpc) is 2.95. The van der Waals surface area contributed by atoms with Crippen molar-refractivity contribution in [1.29, 1.82) is 0 Å². The summed E-state index contributed by atoms with van der Waals surface area (Å²) in [4.78, 5) is -0.552. The molecular weight excluding hydrogens is 656 g/mol. The van der Waals surface area contributed by atoms with Crippen molar-refractivity contribution < 1.29 is 56.0 Å². The van der Waals surface area contributed by atoms with Crippen LogP contribution in [0.25, 0.3) is 32.3 Å². The van der Waals surface area contributed by atoms with Gasteiger partial charge in [-0.25, -0.2) is 25.3 Å². The Labute approximate surface area is 259 Å². The van der Waals surface area contributed by atoms with Crippen LogP contribution in [0.3, 0.4) is 0 Å². The van der Waals surface area contributed by atoms with Crippen LogP contribution in [-0.4, -0.2) is 38.9 Å². The number of hydrogen-bond donors (Lipinski definition) is 0. The van der Waals surface area contributed by atoms with E-state index in [4.69, 9.17) is 0 Å². The van der Waals surface area contributed by atoms with Crippen molar-refractivity contribution in [3.63, 3.8) is 0 Å². The molecule has 0 unspecified atom stereocenters. The standard InChI is InChI=1S/3C10H8O3S.Fe/c3*11-14(12,13)10-6-5-8-3-1-2-4-9(8)7-10;/h3*1-7H,(H,11,12,13);/q;;;+3/p-3. The van der Waals surface area contributed by atoms with E-state index in [0.29, 0.717) is 0 Å². The Hall–Kier alpha value is -3.65. The Morgan fingerprint density at radius 3 is 0.744 bits per heavy atom. The maximum Gasteiger partial charge on any atom is 3.00 e. The fourth-order valence-electron chi connectivity index (χ4n) is 3.97. The summed E-state index contributed by atoms with van der Waals surface area (Å²) in [6.07, 6.45) is 0. The van der Waals surface area contributed by atoms with Crippen molar-refractivity contribution in [2.24, 2.45) is 0 Å². The molecule has 9 nitrogen and oxygen atoms in total. The van der Waals surface area contributed by atoms with Gasteiger partial charge in [-0.2, -0.15) is 0 Å². The Morgan fingerprint density at radius 1 is 0.326 bits per heavy atom. The summed E-state index contributed by atoms with van der Waals surface area (Å²) in [6, 6.07) is 34.8. The van der Waals surface area contributed by atoms with E-state index in [-0.39, 0.29) is 31.8 Å². The van der Waals surface area contributed by atoms with E-state index in [1.807, 2.05) is 36.4 Å². The Bertz CT molecular complexity index is 1980. The SMILES string of the molecule is O=S(=O)([O-])c1ccc2ccccc2c1.O=S(=O)([O-])c1ccc2ccccc2c1.O=S(=O)([O-])c1ccc2ccccc2c1.[Fe+3]. The fraction of sp³-hybridized carbons (Fsp3) is 0. The maximum absolute atomic E-state index is 10.7. The van der Waals surface area contributed by atoms with E-state index in [1.165, 1.54) is 36.4 Å². The molecule has 1 radical (unpaired) electrons. The Morgan fingerprint density at radius 2 is 0.535 bits per heavy atom. The van der Waals surface area contributed by atoms with Crippen LogP contribution in [0.4, 0.5) is 0 Å². The number of fused-ring (bicyclic) bond motifs is 3. The molecule has 221 valence electrons. The molecule has 0 spiro atoms. The zero-order valence-electron chi connectivity index (χ0n) is 21.9. The number of hydrogen-bond acceptors (Lipinski definition) is 9. The largest absolute Gasteiger partial charge is 3.00 e. The van der Waals surface area contributed by atoms with Gasteiger partial charge in [-0.05, 0) is 68.7 Å². The topological polar surface area (TPSA) is 172 Å². The van der Waals surface area contributed by atoms with Gasteiger partial charge in [0.25, 0.3) is 0 Å². The third-order valence-corrected chi connectivity index (χ3v) is 8.52. The van der Waals surface area contributed by atoms with Crippen LogP contribution < -0.4 is 0 Å². The Kier molecular flexibility index (Phi) is 10.8. The van der Waals surface area contributed by atoms with Gasteiger partial charge in [0.05, 0.1) is 14.7 Å². The second-order valence-electron chi connectivity index (χ2n) is 8.89. The first-order valence-electron chi connectivity index (χ1n) is 12.1. The zero-order valence-corrected chi connectivity index (χ0v) is 25.4. The van der Waals surface area contributed by atoms with Gasteiger partial charge in [-0.1, -0.05) is 91.0 Å². The van der Waals surface area contributed by atoms with Crippen molar-refractivity contribution in [2.75, 3.05) is 0 Å². The molecule has 0 aromatic heterocycles. The van der Waals surface area contributed by atoms with Gasteiger partial charge in [0.2, 0.25) is 0 Å². The van der Waals surface area contributed by atoms with Crippen molar-refractivity contribution in [2.45, 2.75) is 14.7 Å². The normalized spacial score (nSPS) is 11.5. The molecule has 0 aliphatic rings. The summed E-state index contributed by atoms with van der Waals surface area (Å²) in [6.45, 7) is 0. The minimum atomic E-state index is -4.34. The molecule has 0 aliphatic carbocycles. The second-order valence-corrected chi connectivity index (χ2v) is 13.0. The van der Waals surface area contributed by atoms with Crippen LogP contribution in [0.5, 0.6) is 0 Å². The first kappa shape index (κ1) is 33.8. The van der Waals surface area contributed by atoms with E-state index < -0.39 is 30.4 Å². The molecule has 13 heteroatoms. The molecule has 0 saturated carbocycles. The molecule has 0 aliphatic heterocycles. The van der Waals surface area contributed by atoms with Crippen molar-refractivity contribution in [1.82, 2.24) is 0 Å². The van der Waals surface area contributed by atoms with Crippen molar-refractivity contribution in [3.05, 3.63) is 127 Å². The zero-order chi connectivity index (χ0) is 30.5. The van der Waals surface area contributed by atoms with Crippen LogP contribution in [0.1, 0.15) is 0 Å². The van der Waals surface area contributed by atoms with Crippen LogP contribution in [0, 0.1) is 0 Å². The van der Waals surface area contributed by atoms with Crippen LogP contribution in [-0.2, 0) is 47.4 Å². The van der Waals surface area contributed by atoms with Gasteiger partial charge >= 0.3 is 17.1 Å². The van der Waals surface area contributed by atoms with E-state index in [1.54, 1.807) is 54.6 Å². The summed E-state index contributed by atoms with van der Waals surface area (Å²) in [5, 5.41) is 5.01. The predicted octanol–water partition coefficient (Wildman–Crippen LogP) is 5.23. The van der Waals surface area contributed by atoms with Crippen LogP contribution >= 0.6 is 0 Å². The summed E-state index contributed by atoms with van der Waals surface area (Å²) in [7, 11) is -13.0. The van der Waals surface area contributed by atoms with Gasteiger partial charge in [0.1, 0.15) is 30.4 Å². The molecule has 0 fully saturated rings. The monoisotopic (exact) mass is 677 g/mol. The minimum absolute atomic E-state index is 0. The van der Waals surface area contributed by atoms with Gasteiger partial charge < -0.3 is 13.7 Å². The van der Waals surface area contributed by atoms with Crippen LogP contribution in [0.15, 0.2) is 142 Å². The van der Waals surface area contributed by atoms with Gasteiger partial charge in [0, 0.05) is 0 Å². The minimum Gasteiger partial charge on any atom is -0.744 e. The fourth-order valence-corrected chi connectivity index (χ4v) is 5.49. The Balaban J connectivity index is 0.000000175. The van der Waals surface area contributed by atoms with E-state index in [0.717, 1.165) is 32.3 Å². The molecule has 0 amide bonds. The number of rotatable bonds is 3. The molecule has 0 N–H and O–H groups in total. The quantitative estimate of drug-likeness (QED) is 0.180. The van der Waals surface area contributed by atoms with Crippen molar-refractivity contribution >= 4 is 62.7 Å². The molecule has 0 saturated heterocycles. The third-order valence-electron chi connectivity index (χ3n) is 6.03. The summed E-state index contributed by atoms with van der Waals surface area (Å²) < 4.78 is 96.5. The molecule has 6 rings (SSSR count). The second kappa shape index (κ2) is 13.8. The number of benzene rings is 6. The van der Waals surface area contributed by atoms with E-state index in [9.17, 15) is 38.9 Å².